The zero-order valence-corrected chi connectivity index (χ0v) is 16.7. The van der Waals surface area contributed by atoms with E-state index < -0.39 is 24.1 Å². The molecule has 1 aromatic rings. The molecule has 1 heterocycles. The van der Waals surface area contributed by atoms with Gasteiger partial charge in [0.1, 0.15) is 0 Å². The Hall–Kier alpha value is -2.12. The van der Waals surface area contributed by atoms with Crippen LogP contribution >= 0.6 is 11.6 Å². The van der Waals surface area contributed by atoms with Crippen LogP contribution in [0.15, 0.2) is 18.2 Å². The van der Waals surface area contributed by atoms with Gasteiger partial charge in [-0.2, -0.15) is 0 Å². The molecule has 0 aliphatic carbocycles. The van der Waals surface area contributed by atoms with Gasteiger partial charge in [-0.15, -0.1) is 0 Å². The lowest BCUT2D eigenvalue weighted by atomic mass is 9.92. The lowest BCUT2D eigenvalue weighted by Gasteiger charge is -2.35. The van der Waals surface area contributed by atoms with Gasteiger partial charge < -0.3 is 20.1 Å². The van der Waals surface area contributed by atoms with Crippen LogP contribution in [0.2, 0.25) is 5.02 Å². The van der Waals surface area contributed by atoms with Crippen LogP contribution in [0.4, 0.5) is 5.69 Å². The van der Waals surface area contributed by atoms with Gasteiger partial charge in [-0.3, -0.25) is 9.59 Å². The highest BCUT2D eigenvalue weighted by Crippen LogP contribution is 2.25. The first-order chi connectivity index (χ1) is 12.5. The predicted octanol–water partition coefficient (Wildman–Crippen LogP) is 3.03. The Kier molecular flexibility index (Phi) is 6.49. The van der Waals surface area contributed by atoms with Gasteiger partial charge in [0.15, 0.2) is 6.10 Å². The molecule has 148 valence electrons. The second-order valence-corrected chi connectivity index (χ2v) is 8.37. The Morgan fingerprint density at radius 3 is 2.56 bits per heavy atom. The first-order valence-electron chi connectivity index (χ1n) is 8.73. The number of benzene rings is 1. The average Bonchev–Trinajstić information content (AvgIpc) is 2.53. The summed E-state index contributed by atoms with van der Waals surface area (Å²) in [6.45, 7) is 7.79. The van der Waals surface area contributed by atoms with Gasteiger partial charge in [-0.05, 0) is 30.5 Å². The minimum Gasteiger partial charge on any atom is -0.479 e. The van der Waals surface area contributed by atoms with E-state index in [0.29, 0.717) is 12.1 Å². The zero-order chi connectivity index (χ0) is 20.4. The Morgan fingerprint density at radius 2 is 1.96 bits per heavy atom. The monoisotopic (exact) mass is 396 g/mol. The van der Waals surface area contributed by atoms with Crippen LogP contribution in [-0.4, -0.2) is 53.1 Å². The van der Waals surface area contributed by atoms with Gasteiger partial charge in [-0.25, -0.2) is 4.79 Å². The van der Waals surface area contributed by atoms with Gasteiger partial charge in [0.2, 0.25) is 5.91 Å². The van der Waals surface area contributed by atoms with Crippen LogP contribution in [0.5, 0.6) is 0 Å². The highest BCUT2D eigenvalue weighted by atomic mass is 35.5. The molecule has 2 N–H and O–H groups in total. The number of aliphatic carboxylic acids is 1. The third kappa shape index (κ3) is 5.94. The van der Waals surface area contributed by atoms with E-state index in [9.17, 15) is 19.5 Å². The summed E-state index contributed by atoms with van der Waals surface area (Å²) in [4.78, 5) is 37.7. The Labute approximate surface area is 163 Å². The number of morpholine rings is 1. The number of ether oxygens (including phenoxy) is 1. The molecule has 1 fully saturated rings. The quantitative estimate of drug-likeness (QED) is 0.815. The van der Waals surface area contributed by atoms with Crippen molar-refractivity contribution in [1.82, 2.24) is 4.90 Å². The van der Waals surface area contributed by atoms with Crippen molar-refractivity contribution in [3.63, 3.8) is 0 Å². The van der Waals surface area contributed by atoms with Crippen LogP contribution in [0.25, 0.3) is 0 Å². The van der Waals surface area contributed by atoms with E-state index in [-0.39, 0.29) is 35.0 Å². The normalized spacial score (nSPS) is 20.3. The number of rotatable bonds is 4. The van der Waals surface area contributed by atoms with Crippen molar-refractivity contribution < 1.29 is 24.2 Å². The number of halogens is 1. The molecular formula is C19H25ClN2O5. The Balaban J connectivity index is 2.18. The summed E-state index contributed by atoms with van der Waals surface area (Å²) in [7, 11) is 0. The first-order valence-corrected chi connectivity index (χ1v) is 9.11. The van der Waals surface area contributed by atoms with Crippen molar-refractivity contribution in [2.45, 2.75) is 46.3 Å². The second kappa shape index (κ2) is 8.27. The largest absolute Gasteiger partial charge is 0.479 e. The minimum atomic E-state index is -1.12. The number of carbonyl (C=O) groups excluding carboxylic acids is 2. The smallest absolute Gasteiger partial charge is 0.334 e. The Morgan fingerprint density at radius 1 is 1.30 bits per heavy atom. The molecule has 0 radical (unpaired) electrons. The number of carbonyl (C=O) groups is 3. The van der Waals surface area contributed by atoms with E-state index in [0.717, 1.165) is 0 Å². The molecule has 1 unspecified atom stereocenters. The number of hydrogen-bond acceptors (Lipinski definition) is 4. The lowest BCUT2D eigenvalue weighted by Crippen LogP contribution is -2.51. The zero-order valence-electron chi connectivity index (χ0n) is 15.9. The van der Waals surface area contributed by atoms with Crippen LogP contribution < -0.4 is 5.32 Å². The minimum absolute atomic E-state index is 0.0601. The molecule has 0 spiro atoms. The number of carboxylic acid groups (broad SMARTS) is 1. The molecule has 2 atom stereocenters. The predicted molar refractivity (Wildman–Crippen MR) is 102 cm³/mol. The lowest BCUT2D eigenvalue weighted by molar-refractivity contribution is -0.160. The van der Waals surface area contributed by atoms with Crippen molar-refractivity contribution >= 4 is 35.1 Å². The van der Waals surface area contributed by atoms with Crippen molar-refractivity contribution in [1.29, 1.82) is 0 Å². The summed E-state index contributed by atoms with van der Waals surface area (Å²) < 4.78 is 5.33. The average molecular weight is 397 g/mol. The van der Waals surface area contributed by atoms with Gasteiger partial charge in [-0.1, -0.05) is 32.4 Å². The SMILES string of the molecule is C[C@@H]1CN(C(=O)c2cc(NC(=O)CC(C)(C)C)ccc2Cl)CC(C(=O)O)O1. The highest BCUT2D eigenvalue weighted by molar-refractivity contribution is 6.34. The molecule has 1 aromatic carbocycles. The molecule has 2 rings (SSSR count). The molecule has 2 amide bonds. The van der Waals surface area contributed by atoms with E-state index in [4.69, 9.17) is 16.3 Å². The Bertz CT molecular complexity index is 744. The molecule has 8 heteroatoms. The number of nitrogens with zero attached hydrogens (tertiary/aromatic N) is 1. The molecule has 7 nitrogen and oxygen atoms in total. The van der Waals surface area contributed by atoms with Crippen molar-refractivity contribution in [3.8, 4) is 0 Å². The van der Waals surface area contributed by atoms with E-state index in [1.54, 1.807) is 19.1 Å². The van der Waals surface area contributed by atoms with Crippen LogP contribution in [0, 0.1) is 5.41 Å². The molecule has 27 heavy (non-hydrogen) atoms. The maximum Gasteiger partial charge on any atom is 0.334 e. The number of hydrogen-bond donors (Lipinski definition) is 2. The summed E-state index contributed by atoms with van der Waals surface area (Å²) >= 11 is 6.18. The van der Waals surface area contributed by atoms with Crippen molar-refractivity contribution in [2.24, 2.45) is 5.41 Å². The van der Waals surface area contributed by atoms with Gasteiger partial charge >= 0.3 is 5.97 Å². The summed E-state index contributed by atoms with van der Waals surface area (Å²) in [5.41, 5.74) is 0.516. The highest BCUT2D eigenvalue weighted by Gasteiger charge is 2.33. The molecule has 0 saturated carbocycles. The van der Waals surface area contributed by atoms with Crippen LogP contribution in [-0.2, 0) is 14.3 Å². The second-order valence-electron chi connectivity index (χ2n) is 7.96. The molecule has 1 aliphatic heterocycles. The molecule has 0 aromatic heterocycles. The van der Waals surface area contributed by atoms with E-state index in [1.807, 2.05) is 20.8 Å². The molecule has 1 saturated heterocycles. The van der Waals surface area contributed by atoms with Gasteiger partial charge in [0.25, 0.3) is 5.91 Å². The van der Waals surface area contributed by atoms with Crippen LogP contribution in [0.1, 0.15) is 44.5 Å². The number of amides is 2. The van der Waals surface area contributed by atoms with Crippen molar-refractivity contribution in [3.05, 3.63) is 28.8 Å². The molecule has 0 bridgehead atoms. The topological polar surface area (TPSA) is 95.9 Å². The number of anilines is 1. The molecule has 1 aliphatic rings. The van der Waals surface area contributed by atoms with E-state index in [2.05, 4.69) is 5.32 Å². The maximum atomic E-state index is 12.9. The fourth-order valence-corrected chi connectivity index (χ4v) is 3.08. The van der Waals surface area contributed by atoms with Gasteiger partial charge in [0, 0.05) is 18.7 Å². The standard InChI is InChI=1S/C19H25ClN2O5/c1-11-9-22(10-15(27-11)18(25)26)17(24)13-7-12(5-6-14(13)20)21-16(23)8-19(2,3)4/h5-7,11,15H,8-10H2,1-4H3,(H,21,23)(H,25,26)/t11-,15?/m1/s1. The van der Waals surface area contributed by atoms with E-state index in [1.165, 1.54) is 11.0 Å². The van der Waals surface area contributed by atoms with Crippen LogP contribution in [0.3, 0.4) is 0 Å². The van der Waals surface area contributed by atoms with Crippen molar-refractivity contribution in [2.75, 3.05) is 18.4 Å². The fourth-order valence-electron chi connectivity index (χ4n) is 2.88. The third-order valence-corrected chi connectivity index (χ3v) is 4.32. The van der Waals surface area contributed by atoms with E-state index >= 15 is 0 Å². The van der Waals surface area contributed by atoms with Gasteiger partial charge in [0.05, 0.1) is 23.2 Å². The molecular weight excluding hydrogens is 372 g/mol. The summed E-state index contributed by atoms with van der Waals surface area (Å²) in [5, 5.41) is 12.2. The third-order valence-electron chi connectivity index (χ3n) is 3.99. The summed E-state index contributed by atoms with van der Waals surface area (Å²) in [6, 6.07) is 4.68. The summed E-state index contributed by atoms with van der Waals surface area (Å²) in [5.74, 6) is -1.67. The maximum absolute atomic E-state index is 12.9. The number of nitrogens with one attached hydrogen (secondary N) is 1. The number of carboxylic acids is 1. The first kappa shape index (κ1) is 21.2. The summed E-state index contributed by atoms with van der Waals surface area (Å²) in [6.07, 6.45) is -1.15. The fraction of sp³-hybridized carbons (Fsp3) is 0.526.